The number of ketones is 1. The molecule has 6 atom stereocenters. The zero-order valence-electron chi connectivity index (χ0n) is 15.3. The maximum Gasteiger partial charge on any atom is 0.490 e. The van der Waals surface area contributed by atoms with Crippen molar-refractivity contribution in [1.29, 1.82) is 0 Å². The predicted octanol–water partition coefficient (Wildman–Crippen LogP) is 1.93. The van der Waals surface area contributed by atoms with Crippen LogP contribution in [0.15, 0.2) is 0 Å². The van der Waals surface area contributed by atoms with Crippen molar-refractivity contribution >= 4 is 11.8 Å². The molecular weight excluding hydrogens is 367 g/mol. The molecule has 154 valence electrons. The molecule has 0 aromatic heterocycles. The van der Waals surface area contributed by atoms with Gasteiger partial charge in [0.25, 0.3) is 0 Å². The zero-order chi connectivity index (χ0) is 20.3. The minimum atomic E-state index is -5.08. The maximum absolute atomic E-state index is 12.6. The topological polar surface area (TPSA) is 98.1 Å². The minimum absolute atomic E-state index is 0.00113. The van der Waals surface area contributed by atoms with Crippen LogP contribution in [-0.2, 0) is 9.59 Å². The van der Waals surface area contributed by atoms with Gasteiger partial charge in [0.15, 0.2) is 5.78 Å². The summed E-state index contributed by atoms with van der Waals surface area (Å²) in [7, 11) is 0. The highest BCUT2D eigenvalue weighted by atomic mass is 19.4. The summed E-state index contributed by atoms with van der Waals surface area (Å²) in [5.74, 6) is -2.17. The van der Waals surface area contributed by atoms with Crippen LogP contribution in [0.1, 0.15) is 51.9 Å². The van der Waals surface area contributed by atoms with Crippen molar-refractivity contribution in [2.24, 2.45) is 17.3 Å². The first-order valence-corrected chi connectivity index (χ1v) is 9.42. The number of rotatable bonds is 0. The lowest BCUT2D eigenvalue weighted by Gasteiger charge is -2.63. The number of aliphatic carboxylic acids is 1. The second-order valence-corrected chi connectivity index (χ2v) is 8.51. The molecule has 2 heterocycles. The lowest BCUT2D eigenvalue weighted by molar-refractivity contribution is -0.292. The number of carbonyl (C=O) groups is 2. The first-order chi connectivity index (χ1) is 12.4. The lowest BCUT2D eigenvalue weighted by atomic mass is 9.51. The Hall–Kier alpha value is -1.19. The zero-order valence-corrected chi connectivity index (χ0v) is 15.3. The van der Waals surface area contributed by atoms with Crippen molar-refractivity contribution in [2.75, 3.05) is 13.1 Å². The Bertz CT molecular complexity index is 641. The van der Waals surface area contributed by atoms with Gasteiger partial charge in [0.2, 0.25) is 0 Å². The molecule has 2 bridgehead atoms. The van der Waals surface area contributed by atoms with Crippen LogP contribution < -0.4 is 0 Å². The van der Waals surface area contributed by atoms with E-state index in [0.717, 1.165) is 38.8 Å². The standard InChI is InChI=1S/C16H25NO3.C2HF3O2/c1-11-8-12-9-13(18)15(19)5-3-7-17-6-2-4-14(12,15)16(17,20)10-11;3-2(4,5)1(6)7/h11-12,19-20H,2-10H2,1H3;(H,6,7)/t11-,12+,14+,15+,16+;/m1./s1. The van der Waals surface area contributed by atoms with E-state index in [1.54, 1.807) is 0 Å². The average Bonchev–Trinajstić information content (AvgIpc) is 2.73. The molecule has 0 aromatic rings. The number of hydrogen-bond acceptors (Lipinski definition) is 5. The lowest BCUT2D eigenvalue weighted by Crippen LogP contribution is -2.72. The fraction of sp³-hybridized carbons (Fsp3) is 0.889. The number of halogens is 3. The fourth-order valence-corrected chi connectivity index (χ4v) is 6.27. The number of carboxylic acids is 1. The third kappa shape index (κ3) is 2.81. The number of piperidine rings is 1. The fourth-order valence-electron chi connectivity index (χ4n) is 6.27. The van der Waals surface area contributed by atoms with Crippen molar-refractivity contribution in [3.05, 3.63) is 0 Å². The van der Waals surface area contributed by atoms with E-state index in [2.05, 4.69) is 11.8 Å². The largest absolute Gasteiger partial charge is 0.490 e. The van der Waals surface area contributed by atoms with E-state index in [0.29, 0.717) is 25.2 Å². The molecular formula is C18H26F3NO5. The third-order valence-corrected chi connectivity index (χ3v) is 7.09. The van der Waals surface area contributed by atoms with E-state index in [4.69, 9.17) is 9.90 Å². The molecule has 2 aliphatic carbocycles. The van der Waals surface area contributed by atoms with Gasteiger partial charge in [-0.15, -0.1) is 0 Å². The smallest absolute Gasteiger partial charge is 0.475 e. The molecule has 1 unspecified atom stereocenters. The molecule has 0 radical (unpaired) electrons. The normalized spacial score (nSPS) is 46.0. The Morgan fingerprint density at radius 1 is 1.19 bits per heavy atom. The summed E-state index contributed by atoms with van der Waals surface area (Å²) in [5.41, 5.74) is -2.84. The summed E-state index contributed by atoms with van der Waals surface area (Å²) < 4.78 is 31.7. The number of carbonyl (C=O) groups excluding carboxylic acids is 1. The SMILES string of the molecule is C[C@@H]1C[C@H]2CC(=O)[C@@]3(O)CCCN4CCC[C@]23[C@@]4(O)C1.O=C(O)C(F)(F)F. The van der Waals surface area contributed by atoms with E-state index >= 15 is 0 Å². The quantitative estimate of drug-likeness (QED) is 0.582. The van der Waals surface area contributed by atoms with Crippen LogP contribution in [0.5, 0.6) is 0 Å². The monoisotopic (exact) mass is 393 g/mol. The molecule has 2 saturated heterocycles. The van der Waals surface area contributed by atoms with Gasteiger partial charge in [-0.3, -0.25) is 9.69 Å². The number of aliphatic hydroxyl groups is 2. The Balaban J connectivity index is 0.000000260. The van der Waals surface area contributed by atoms with Gasteiger partial charge in [0.05, 0.1) is 5.41 Å². The highest BCUT2D eigenvalue weighted by Gasteiger charge is 2.76. The number of alkyl halides is 3. The molecule has 1 spiro atoms. The maximum atomic E-state index is 12.6. The summed E-state index contributed by atoms with van der Waals surface area (Å²) in [4.78, 5) is 23.7. The molecule has 2 aliphatic heterocycles. The first-order valence-electron chi connectivity index (χ1n) is 9.42. The molecule has 0 amide bonds. The van der Waals surface area contributed by atoms with E-state index < -0.39 is 28.9 Å². The average molecular weight is 393 g/mol. The molecule has 27 heavy (non-hydrogen) atoms. The number of Topliss-reactive ketones (excluding diaryl/α,β-unsaturated/α-hetero) is 1. The number of nitrogens with zero attached hydrogens (tertiary/aromatic N) is 1. The van der Waals surface area contributed by atoms with Crippen LogP contribution in [0, 0.1) is 17.3 Å². The van der Waals surface area contributed by atoms with Crippen molar-refractivity contribution in [1.82, 2.24) is 4.90 Å². The van der Waals surface area contributed by atoms with Gasteiger partial charge < -0.3 is 15.3 Å². The van der Waals surface area contributed by atoms with Crippen molar-refractivity contribution in [2.45, 2.75) is 69.4 Å². The molecule has 4 rings (SSSR count). The van der Waals surface area contributed by atoms with Gasteiger partial charge in [-0.2, -0.15) is 13.2 Å². The van der Waals surface area contributed by atoms with Gasteiger partial charge in [-0.05, 0) is 50.4 Å². The Labute approximate surface area is 155 Å². The first kappa shape index (κ1) is 20.5. The van der Waals surface area contributed by atoms with Crippen LogP contribution in [0.2, 0.25) is 0 Å². The molecule has 4 fully saturated rings. The van der Waals surface area contributed by atoms with Crippen molar-refractivity contribution in [3.63, 3.8) is 0 Å². The molecule has 6 nitrogen and oxygen atoms in total. The van der Waals surface area contributed by atoms with Gasteiger partial charge >= 0.3 is 12.1 Å². The van der Waals surface area contributed by atoms with Gasteiger partial charge in [-0.25, -0.2) is 4.79 Å². The van der Waals surface area contributed by atoms with E-state index in [9.17, 15) is 28.2 Å². The molecule has 2 saturated carbocycles. The third-order valence-electron chi connectivity index (χ3n) is 7.09. The van der Waals surface area contributed by atoms with Crippen LogP contribution in [0.25, 0.3) is 0 Å². The van der Waals surface area contributed by atoms with Gasteiger partial charge in [0, 0.05) is 19.5 Å². The second kappa shape index (κ2) is 6.42. The van der Waals surface area contributed by atoms with Crippen molar-refractivity contribution in [3.8, 4) is 0 Å². The van der Waals surface area contributed by atoms with Gasteiger partial charge in [-0.1, -0.05) is 6.92 Å². The molecule has 3 N–H and O–H groups in total. The Kier molecular flexibility index (Phi) is 4.88. The van der Waals surface area contributed by atoms with Crippen LogP contribution >= 0.6 is 0 Å². The number of carboxylic acid groups (broad SMARTS) is 1. The molecule has 0 aromatic carbocycles. The Morgan fingerprint density at radius 2 is 1.74 bits per heavy atom. The predicted molar refractivity (Wildman–Crippen MR) is 87.6 cm³/mol. The van der Waals surface area contributed by atoms with E-state index in [1.165, 1.54) is 0 Å². The van der Waals surface area contributed by atoms with E-state index in [-0.39, 0.29) is 11.7 Å². The summed E-state index contributed by atoms with van der Waals surface area (Å²) in [5, 5.41) is 30.0. The number of hydrogen-bond donors (Lipinski definition) is 3. The summed E-state index contributed by atoms with van der Waals surface area (Å²) in [6, 6.07) is 0. The Morgan fingerprint density at radius 3 is 2.30 bits per heavy atom. The minimum Gasteiger partial charge on any atom is -0.475 e. The van der Waals surface area contributed by atoms with Crippen LogP contribution in [0.3, 0.4) is 0 Å². The van der Waals surface area contributed by atoms with Gasteiger partial charge in [0.1, 0.15) is 11.3 Å². The van der Waals surface area contributed by atoms with Crippen LogP contribution in [0.4, 0.5) is 13.2 Å². The summed E-state index contributed by atoms with van der Waals surface area (Å²) in [6.45, 7) is 3.89. The summed E-state index contributed by atoms with van der Waals surface area (Å²) >= 11 is 0. The molecule has 9 heteroatoms. The highest BCUT2D eigenvalue weighted by Crippen LogP contribution is 2.68. The highest BCUT2D eigenvalue weighted by molar-refractivity contribution is 5.91. The van der Waals surface area contributed by atoms with Crippen LogP contribution in [-0.4, -0.2) is 62.6 Å². The molecule has 4 aliphatic rings. The second-order valence-electron chi connectivity index (χ2n) is 8.51. The van der Waals surface area contributed by atoms with E-state index in [1.807, 2.05) is 0 Å². The van der Waals surface area contributed by atoms with Crippen molar-refractivity contribution < 1.29 is 38.1 Å². The summed E-state index contributed by atoms with van der Waals surface area (Å²) in [6.07, 6.45) is 0.214.